The van der Waals surface area contributed by atoms with Crippen molar-refractivity contribution >= 4 is 0 Å². The van der Waals surface area contributed by atoms with Crippen LogP contribution >= 0.6 is 0 Å². The van der Waals surface area contributed by atoms with Crippen LogP contribution in [0.5, 0.6) is 0 Å². The van der Waals surface area contributed by atoms with Gasteiger partial charge in [-0.2, -0.15) is 0 Å². The highest BCUT2D eigenvalue weighted by Gasteiger charge is 2.27. The van der Waals surface area contributed by atoms with Crippen molar-refractivity contribution in [3.8, 4) is 0 Å². The molecule has 1 nitrogen and oxygen atoms in total. The lowest BCUT2D eigenvalue weighted by Gasteiger charge is -2.32. The molecule has 0 bridgehead atoms. The lowest BCUT2D eigenvalue weighted by molar-refractivity contribution is 0.230. The van der Waals surface area contributed by atoms with Gasteiger partial charge in [-0.05, 0) is 48.8 Å². The second-order valence-corrected chi connectivity index (χ2v) is 5.58. The second-order valence-electron chi connectivity index (χ2n) is 5.58. The third kappa shape index (κ3) is 2.48. The standard InChI is InChI=1S/C16H25N/c1-5-7-12(2)16-11-17(14(4)13(16)3)10-15-8-6-9-15/h15H,2,4-11H2,1,3H3. The van der Waals surface area contributed by atoms with E-state index in [4.69, 9.17) is 0 Å². The summed E-state index contributed by atoms with van der Waals surface area (Å²) in [6.45, 7) is 15.2. The fourth-order valence-corrected chi connectivity index (χ4v) is 2.81. The monoisotopic (exact) mass is 231 g/mol. The van der Waals surface area contributed by atoms with Gasteiger partial charge in [-0.3, -0.25) is 0 Å². The minimum Gasteiger partial charge on any atom is -0.367 e. The molecule has 2 aliphatic rings. The van der Waals surface area contributed by atoms with E-state index in [1.54, 1.807) is 0 Å². The van der Waals surface area contributed by atoms with Crippen LogP contribution in [0.15, 0.2) is 35.6 Å². The normalized spacial score (nSPS) is 21.1. The Balaban J connectivity index is 1.99. The van der Waals surface area contributed by atoms with Gasteiger partial charge in [0.1, 0.15) is 0 Å². The average molecular weight is 231 g/mol. The first-order valence-electron chi connectivity index (χ1n) is 6.95. The van der Waals surface area contributed by atoms with Gasteiger partial charge in [0, 0.05) is 18.8 Å². The molecule has 0 unspecified atom stereocenters. The number of nitrogens with zero attached hydrogens (tertiary/aromatic N) is 1. The smallest absolute Gasteiger partial charge is 0.0435 e. The molecule has 1 heterocycles. The van der Waals surface area contributed by atoms with Crippen LogP contribution in [0.25, 0.3) is 0 Å². The van der Waals surface area contributed by atoms with Gasteiger partial charge in [0.2, 0.25) is 0 Å². The van der Waals surface area contributed by atoms with Crippen LogP contribution in [0.4, 0.5) is 0 Å². The minimum absolute atomic E-state index is 0.915. The zero-order chi connectivity index (χ0) is 12.4. The Kier molecular flexibility index (Phi) is 3.76. The summed E-state index contributed by atoms with van der Waals surface area (Å²) in [5.74, 6) is 0.915. The lowest BCUT2D eigenvalue weighted by atomic mass is 9.85. The topological polar surface area (TPSA) is 3.24 Å². The number of rotatable bonds is 5. The Morgan fingerprint density at radius 3 is 2.65 bits per heavy atom. The maximum absolute atomic E-state index is 4.25. The van der Waals surface area contributed by atoms with Crippen molar-refractivity contribution in [2.75, 3.05) is 13.1 Å². The third-order valence-electron chi connectivity index (χ3n) is 4.30. The fourth-order valence-electron chi connectivity index (χ4n) is 2.81. The summed E-state index contributed by atoms with van der Waals surface area (Å²) in [7, 11) is 0. The van der Waals surface area contributed by atoms with E-state index in [2.05, 4.69) is 31.9 Å². The van der Waals surface area contributed by atoms with Crippen molar-refractivity contribution in [1.82, 2.24) is 4.90 Å². The van der Waals surface area contributed by atoms with E-state index in [0.717, 1.165) is 18.9 Å². The molecule has 0 aromatic rings. The summed E-state index contributed by atoms with van der Waals surface area (Å²) >= 11 is 0. The molecular formula is C16H25N. The van der Waals surface area contributed by atoms with Gasteiger partial charge in [0.25, 0.3) is 0 Å². The molecule has 0 spiro atoms. The maximum atomic E-state index is 4.25. The number of hydrogen-bond donors (Lipinski definition) is 0. The summed E-state index contributed by atoms with van der Waals surface area (Å²) in [4.78, 5) is 2.47. The molecule has 1 fully saturated rings. The van der Waals surface area contributed by atoms with Gasteiger partial charge in [0.15, 0.2) is 0 Å². The largest absolute Gasteiger partial charge is 0.367 e. The summed E-state index contributed by atoms with van der Waals surface area (Å²) in [5.41, 5.74) is 5.39. The molecule has 1 aliphatic heterocycles. The molecule has 1 aliphatic carbocycles. The highest BCUT2D eigenvalue weighted by molar-refractivity contribution is 5.47. The molecule has 2 rings (SSSR count). The number of hydrogen-bond acceptors (Lipinski definition) is 1. The van der Waals surface area contributed by atoms with E-state index in [0.29, 0.717) is 0 Å². The molecule has 0 radical (unpaired) electrons. The Labute approximate surface area is 106 Å². The van der Waals surface area contributed by atoms with E-state index in [9.17, 15) is 0 Å². The first-order chi connectivity index (χ1) is 8.13. The highest BCUT2D eigenvalue weighted by atomic mass is 15.2. The summed E-state index contributed by atoms with van der Waals surface area (Å²) in [5, 5.41) is 0. The Morgan fingerprint density at radius 1 is 1.41 bits per heavy atom. The predicted molar refractivity (Wildman–Crippen MR) is 74.8 cm³/mol. The summed E-state index contributed by atoms with van der Waals surface area (Å²) in [6, 6.07) is 0. The van der Waals surface area contributed by atoms with E-state index in [-0.39, 0.29) is 0 Å². The van der Waals surface area contributed by atoms with Crippen LogP contribution in [0.3, 0.4) is 0 Å². The maximum Gasteiger partial charge on any atom is 0.0435 e. The van der Waals surface area contributed by atoms with Crippen molar-refractivity contribution in [3.63, 3.8) is 0 Å². The molecule has 0 amide bonds. The molecule has 1 heteroatoms. The lowest BCUT2D eigenvalue weighted by Crippen LogP contribution is -2.30. The van der Waals surface area contributed by atoms with Gasteiger partial charge in [-0.15, -0.1) is 0 Å². The highest BCUT2D eigenvalue weighted by Crippen LogP contribution is 2.35. The predicted octanol–water partition coefficient (Wildman–Crippen LogP) is 4.29. The fraction of sp³-hybridized carbons (Fsp3) is 0.625. The molecular weight excluding hydrogens is 206 g/mol. The van der Waals surface area contributed by atoms with Crippen LogP contribution in [0.1, 0.15) is 46.0 Å². The number of allylic oxidation sites excluding steroid dienone is 1. The zero-order valence-corrected chi connectivity index (χ0v) is 11.4. The second kappa shape index (κ2) is 5.12. The van der Waals surface area contributed by atoms with Gasteiger partial charge in [-0.25, -0.2) is 0 Å². The van der Waals surface area contributed by atoms with E-state index < -0.39 is 0 Å². The average Bonchev–Trinajstić information content (AvgIpc) is 2.51. The SMILES string of the molecule is C=C(CCC)C1=C(C)C(=C)N(CC2CCC2)C1. The molecule has 17 heavy (non-hydrogen) atoms. The first-order valence-corrected chi connectivity index (χ1v) is 6.95. The molecule has 0 aromatic carbocycles. The first kappa shape index (κ1) is 12.5. The quantitative estimate of drug-likeness (QED) is 0.682. The Morgan fingerprint density at radius 2 is 2.12 bits per heavy atom. The molecule has 1 saturated carbocycles. The molecule has 0 aromatic heterocycles. The van der Waals surface area contributed by atoms with Crippen LogP contribution < -0.4 is 0 Å². The van der Waals surface area contributed by atoms with Crippen LogP contribution in [-0.4, -0.2) is 18.0 Å². The Hall–Kier alpha value is -0.980. The van der Waals surface area contributed by atoms with Crippen LogP contribution in [0.2, 0.25) is 0 Å². The van der Waals surface area contributed by atoms with Crippen molar-refractivity contribution in [2.24, 2.45) is 5.92 Å². The van der Waals surface area contributed by atoms with E-state index in [1.807, 2.05) is 0 Å². The zero-order valence-electron chi connectivity index (χ0n) is 11.4. The summed E-state index contributed by atoms with van der Waals surface area (Å²) in [6.07, 6.45) is 6.55. The van der Waals surface area contributed by atoms with Crippen LogP contribution in [0, 0.1) is 5.92 Å². The van der Waals surface area contributed by atoms with E-state index in [1.165, 1.54) is 54.6 Å². The third-order valence-corrected chi connectivity index (χ3v) is 4.30. The van der Waals surface area contributed by atoms with Gasteiger partial charge in [0.05, 0.1) is 0 Å². The minimum atomic E-state index is 0.915. The van der Waals surface area contributed by atoms with Gasteiger partial charge >= 0.3 is 0 Å². The molecule has 0 atom stereocenters. The van der Waals surface area contributed by atoms with Crippen molar-refractivity contribution in [1.29, 1.82) is 0 Å². The van der Waals surface area contributed by atoms with Gasteiger partial charge < -0.3 is 4.90 Å². The van der Waals surface area contributed by atoms with Crippen molar-refractivity contribution < 1.29 is 0 Å². The van der Waals surface area contributed by atoms with E-state index >= 15 is 0 Å². The summed E-state index contributed by atoms with van der Waals surface area (Å²) < 4.78 is 0. The van der Waals surface area contributed by atoms with Crippen molar-refractivity contribution in [2.45, 2.75) is 46.0 Å². The molecule has 0 saturated heterocycles. The Bertz CT molecular complexity index is 358. The molecule has 94 valence electrons. The van der Waals surface area contributed by atoms with Gasteiger partial charge in [-0.1, -0.05) is 32.9 Å². The van der Waals surface area contributed by atoms with Crippen molar-refractivity contribution in [3.05, 3.63) is 35.6 Å². The molecule has 0 N–H and O–H groups in total. The van der Waals surface area contributed by atoms with Crippen LogP contribution in [-0.2, 0) is 0 Å².